The van der Waals surface area contributed by atoms with E-state index in [0.29, 0.717) is 35.2 Å². The molecule has 2 N–H and O–H groups in total. The van der Waals surface area contributed by atoms with Crippen molar-refractivity contribution in [3.63, 3.8) is 0 Å². The standard InChI is InChI=1S/C27H35Cl2NO4/c28-24-10-9-23(17-25(24)29)34-20-27(32)13-4-15-30(16-14-27)18-21-5-7-22(8-6-21)33-19-26(31)11-2-1-3-12-26/h5-10,17,31-32H,1-4,11-16,18-20H2/t27-/m0/s1. The first-order valence-electron chi connectivity index (χ1n) is 12.3. The fourth-order valence-electron chi connectivity index (χ4n) is 4.84. The summed E-state index contributed by atoms with van der Waals surface area (Å²) in [7, 11) is 0. The van der Waals surface area contributed by atoms with Crippen molar-refractivity contribution >= 4 is 23.2 Å². The molecule has 2 aromatic carbocycles. The van der Waals surface area contributed by atoms with Crippen molar-refractivity contribution < 1.29 is 19.7 Å². The Bertz CT molecular complexity index is 933. The second-order valence-electron chi connectivity index (χ2n) is 9.94. The molecule has 1 aliphatic heterocycles. The molecule has 2 aliphatic rings. The lowest BCUT2D eigenvalue weighted by Gasteiger charge is -2.31. The van der Waals surface area contributed by atoms with Crippen LogP contribution in [0.2, 0.25) is 10.0 Å². The number of halogens is 2. The topological polar surface area (TPSA) is 62.2 Å². The van der Waals surface area contributed by atoms with Crippen LogP contribution in [0.3, 0.4) is 0 Å². The Kier molecular flexibility index (Phi) is 8.65. The third-order valence-corrected chi connectivity index (χ3v) is 7.77. The normalized spacial score (nSPS) is 23.3. The molecule has 1 atom stereocenters. The predicted octanol–water partition coefficient (Wildman–Crippen LogP) is 5.86. The number of aliphatic hydroxyl groups is 2. The van der Waals surface area contributed by atoms with E-state index >= 15 is 0 Å². The average Bonchev–Trinajstić information content (AvgIpc) is 3.02. The van der Waals surface area contributed by atoms with Crippen LogP contribution in [0.4, 0.5) is 0 Å². The van der Waals surface area contributed by atoms with Crippen molar-refractivity contribution in [2.75, 3.05) is 26.3 Å². The molecule has 1 aliphatic carbocycles. The average molecular weight is 508 g/mol. The van der Waals surface area contributed by atoms with Gasteiger partial charge >= 0.3 is 0 Å². The lowest BCUT2D eigenvalue weighted by Crippen LogP contribution is -2.37. The van der Waals surface area contributed by atoms with Crippen molar-refractivity contribution in [3.8, 4) is 11.5 Å². The molecule has 0 unspecified atom stereocenters. The van der Waals surface area contributed by atoms with E-state index in [9.17, 15) is 10.2 Å². The molecule has 0 bridgehead atoms. The first-order valence-corrected chi connectivity index (χ1v) is 13.0. The first-order chi connectivity index (χ1) is 16.3. The molecule has 1 heterocycles. The van der Waals surface area contributed by atoms with Crippen molar-refractivity contribution in [3.05, 3.63) is 58.1 Å². The molecule has 0 radical (unpaired) electrons. The van der Waals surface area contributed by atoms with E-state index in [2.05, 4.69) is 17.0 Å². The van der Waals surface area contributed by atoms with E-state index in [1.165, 1.54) is 12.0 Å². The van der Waals surface area contributed by atoms with Gasteiger partial charge in [0.25, 0.3) is 0 Å². The third kappa shape index (κ3) is 7.25. The second kappa shape index (κ2) is 11.5. The van der Waals surface area contributed by atoms with Crippen LogP contribution in [0.25, 0.3) is 0 Å². The highest BCUT2D eigenvalue weighted by atomic mass is 35.5. The summed E-state index contributed by atoms with van der Waals surface area (Å²) in [6, 6.07) is 13.3. The van der Waals surface area contributed by atoms with Crippen molar-refractivity contribution in [1.82, 2.24) is 4.90 Å². The number of nitrogens with zero attached hydrogens (tertiary/aromatic N) is 1. The highest BCUT2D eigenvalue weighted by molar-refractivity contribution is 6.42. The van der Waals surface area contributed by atoms with E-state index in [1.807, 2.05) is 12.1 Å². The van der Waals surface area contributed by atoms with Crippen LogP contribution in [-0.2, 0) is 6.54 Å². The molecule has 5 nitrogen and oxygen atoms in total. The van der Waals surface area contributed by atoms with Gasteiger partial charge in [0.15, 0.2) is 0 Å². The van der Waals surface area contributed by atoms with E-state index in [4.69, 9.17) is 32.7 Å². The fourth-order valence-corrected chi connectivity index (χ4v) is 5.13. The van der Waals surface area contributed by atoms with Crippen molar-refractivity contribution in [2.45, 2.75) is 69.1 Å². The van der Waals surface area contributed by atoms with Crippen LogP contribution in [0.1, 0.15) is 56.9 Å². The van der Waals surface area contributed by atoms with Crippen LogP contribution in [0.15, 0.2) is 42.5 Å². The number of hydrogen-bond acceptors (Lipinski definition) is 5. The zero-order chi connectivity index (χ0) is 24.0. The van der Waals surface area contributed by atoms with Gasteiger partial charge in [-0.05, 0) is 68.5 Å². The minimum Gasteiger partial charge on any atom is -0.491 e. The van der Waals surface area contributed by atoms with Crippen LogP contribution in [0.5, 0.6) is 11.5 Å². The van der Waals surface area contributed by atoms with Gasteiger partial charge in [0.1, 0.15) is 24.7 Å². The molecule has 2 fully saturated rings. The maximum Gasteiger partial charge on any atom is 0.121 e. The van der Waals surface area contributed by atoms with E-state index in [0.717, 1.165) is 57.5 Å². The molecule has 4 rings (SSSR count). The molecule has 1 saturated carbocycles. The summed E-state index contributed by atoms with van der Waals surface area (Å²) in [5.41, 5.74) is -0.331. The molecule has 34 heavy (non-hydrogen) atoms. The van der Waals surface area contributed by atoms with Crippen molar-refractivity contribution in [2.24, 2.45) is 0 Å². The highest BCUT2D eigenvalue weighted by Gasteiger charge is 2.32. The zero-order valence-corrected chi connectivity index (χ0v) is 21.2. The number of benzene rings is 2. The van der Waals surface area contributed by atoms with Gasteiger partial charge in [0.2, 0.25) is 0 Å². The summed E-state index contributed by atoms with van der Waals surface area (Å²) >= 11 is 12.0. The quantitative estimate of drug-likeness (QED) is 0.468. The van der Waals surface area contributed by atoms with Crippen molar-refractivity contribution in [1.29, 1.82) is 0 Å². The monoisotopic (exact) mass is 507 g/mol. The molecule has 186 valence electrons. The van der Waals surface area contributed by atoms with Crippen LogP contribution in [0, 0.1) is 0 Å². The maximum atomic E-state index is 11.1. The molecule has 0 amide bonds. The zero-order valence-electron chi connectivity index (χ0n) is 19.6. The molecular weight excluding hydrogens is 473 g/mol. The third-order valence-electron chi connectivity index (χ3n) is 7.03. The van der Waals surface area contributed by atoms with Crippen LogP contribution >= 0.6 is 23.2 Å². The number of rotatable bonds is 8. The molecule has 0 aromatic heterocycles. The number of likely N-dealkylation sites (tertiary alicyclic amines) is 1. The maximum absolute atomic E-state index is 11.1. The van der Waals surface area contributed by atoms with Gasteiger partial charge in [0, 0.05) is 19.2 Å². The van der Waals surface area contributed by atoms with Gasteiger partial charge in [-0.15, -0.1) is 0 Å². The smallest absolute Gasteiger partial charge is 0.121 e. The second-order valence-corrected chi connectivity index (χ2v) is 10.8. The minimum atomic E-state index is -0.863. The lowest BCUT2D eigenvalue weighted by atomic mass is 9.85. The molecular formula is C27H35Cl2NO4. The summed E-state index contributed by atoms with van der Waals surface area (Å²) in [6.45, 7) is 3.15. The largest absolute Gasteiger partial charge is 0.491 e. The summed E-state index contributed by atoms with van der Waals surface area (Å²) in [5.74, 6) is 1.41. The predicted molar refractivity (Wildman–Crippen MR) is 136 cm³/mol. The summed E-state index contributed by atoms with van der Waals surface area (Å²) < 4.78 is 11.7. The lowest BCUT2D eigenvalue weighted by molar-refractivity contribution is -0.0339. The Hall–Kier alpha value is -1.50. The minimum absolute atomic E-state index is 0.233. The molecule has 0 spiro atoms. The van der Waals surface area contributed by atoms with Gasteiger partial charge in [-0.1, -0.05) is 54.6 Å². The number of ether oxygens (including phenoxy) is 2. The highest BCUT2D eigenvalue weighted by Crippen LogP contribution is 2.30. The Morgan fingerprint density at radius 1 is 0.706 bits per heavy atom. The summed E-state index contributed by atoms with van der Waals surface area (Å²) in [4.78, 5) is 2.37. The Balaban J connectivity index is 1.24. The van der Waals surface area contributed by atoms with Gasteiger partial charge in [0.05, 0.1) is 21.2 Å². The van der Waals surface area contributed by atoms with E-state index in [-0.39, 0.29) is 6.61 Å². The molecule has 1 saturated heterocycles. The Morgan fingerprint density at radius 2 is 1.32 bits per heavy atom. The summed E-state index contributed by atoms with van der Waals surface area (Å²) in [6.07, 6.45) is 7.25. The van der Waals surface area contributed by atoms with E-state index in [1.54, 1.807) is 18.2 Å². The SMILES string of the molecule is OC1(COc2ccc(CN3CCC[C@@](O)(COc4ccc(Cl)c(Cl)c4)CC3)cc2)CCCCC1. The number of hydrogen-bond donors (Lipinski definition) is 2. The molecule has 7 heteroatoms. The van der Waals surface area contributed by atoms with Gasteiger partial charge < -0.3 is 19.7 Å². The van der Waals surface area contributed by atoms with Gasteiger partial charge in [-0.25, -0.2) is 0 Å². The van der Waals surface area contributed by atoms with Crippen LogP contribution in [-0.4, -0.2) is 52.6 Å². The van der Waals surface area contributed by atoms with Crippen LogP contribution < -0.4 is 9.47 Å². The van der Waals surface area contributed by atoms with Gasteiger partial charge in [-0.3, -0.25) is 4.90 Å². The Morgan fingerprint density at radius 3 is 2.03 bits per heavy atom. The fraction of sp³-hybridized carbons (Fsp3) is 0.556. The first kappa shape index (κ1) is 25.6. The Labute approximate surface area is 212 Å². The molecule has 2 aromatic rings. The van der Waals surface area contributed by atoms with E-state index < -0.39 is 11.2 Å². The van der Waals surface area contributed by atoms with Gasteiger partial charge in [-0.2, -0.15) is 0 Å². The summed E-state index contributed by atoms with van der Waals surface area (Å²) in [5, 5.41) is 22.7.